The Morgan fingerprint density at radius 1 is 1.17 bits per heavy atom. The molecule has 24 heavy (non-hydrogen) atoms. The predicted octanol–water partition coefficient (Wildman–Crippen LogP) is 1.21. The number of carbonyl (C=O) groups excluding carboxylic acids is 3. The largest absolute Gasteiger partial charge is 0.550 e. The third-order valence-electron chi connectivity index (χ3n) is 3.51. The van der Waals surface area contributed by atoms with Crippen LogP contribution in [-0.4, -0.2) is 17.8 Å². The molecule has 1 aromatic carbocycles. The average molecular weight is 345 g/mol. The number of carboxylic acids is 1. The first-order chi connectivity index (χ1) is 11.4. The van der Waals surface area contributed by atoms with Gasteiger partial charge in [-0.15, -0.1) is 11.3 Å². The first-order valence-corrected chi connectivity index (χ1v) is 8.15. The van der Waals surface area contributed by atoms with Gasteiger partial charge in [-0.05, 0) is 24.5 Å². The Morgan fingerprint density at radius 3 is 2.42 bits per heavy atom. The number of amides is 2. The lowest BCUT2D eigenvalue weighted by Gasteiger charge is -2.05. The first kappa shape index (κ1) is 17.7. The molecule has 126 valence electrons. The van der Waals surface area contributed by atoms with Gasteiger partial charge in [0, 0.05) is 23.7 Å². The summed E-state index contributed by atoms with van der Waals surface area (Å²) in [4.78, 5) is 34.9. The molecule has 3 N–H and O–H groups in total. The molecule has 0 aliphatic carbocycles. The number of carboxylic acid groups (broad SMARTS) is 1. The van der Waals surface area contributed by atoms with E-state index < -0.39 is 17.8 Å². The molecular formula is C17H17N2O4S-. The number of aliphatic carboxylic acids is 1. The summed E-state index contributed by atoms with van der Waals surface area (Å²) >= 11 is 1.28. The molecule has 0 atom stereocenters. The van der Waals surface area contributed by atoms with Crippen LogP contribution in [0.5, 0.6) is 0 Å². The van der Waals surface area contributed by atoms with E-state index >= 15 is 0 Å². The number of primary amides is 1. The predicted molar refractivity (Wildman–Crippen MR) is 89.7 cm³/mol. The van der Waals surface area contributed by atoms with Crippen LogP contribution < -0.4 is 16.2 Å². The lowest BCUT2D eigenvalue weighted by molar-refractivity contribution is -0.305. The summed E-state index contributed by atoms with van der Waals surface area (Å²) in [5.41, 5.74) is 7.51. The topological polar surface area (TPSA) is 112 Å². The minimum Gasteiger partial charge on any atom is -0.550 e. The van der Waals surface area contributed by atoms with E-state index in [0.29, 0.717) is 11.4 Å². The number of benzene rings is 1. The molecular weight excluding hydrogens is 328 g/mol. The van der Waals surface area contributed by atoms with Crippen LogP contribution in [0, 0.1) is 6.92 Å². The van der Waals surface area contributed by atoms with Crippen molar-refractivity contribution in [1.29, 1.82) is 0 Å². The van der Waals surface area contributed by atoms with E-state index in [9.17, 15) is 19.5 Å². The van der Waals surface area contributed by atoms with E-state index in [-0.39, 0.29) is 18.4 Å². The lowest BCUT2D eigenvalue weighted by atomic mass is 10.1. The van der Waals surface area contributed by atoms with E-state index in [2.05, 4.69) is 5.32 Å². The molecule has 1 aromatic heterocycles. The molecule has 0 radical (unpaired) electrons. The van der Waals surface area contributed by atoms with Crippen molar-refractivity contribution in [2.75, 3.05) is 5.32 Å². The Balaban J connectivity index is 2.24. The van der Waals surface area contributed by atoms with Gasteiger partial charge in [0.05, 0.1) is 5.56 Å². The molecule has 0 unspecified atom stereocenters. The highest BCUT2D eigenvalue weighted by Gasteiger charge is 2.20. The van der Waals surface area contributed by atoms with Crippen molar-refractivity contribution in [3.8, 4) is 0 Å². The van der Waals surface area contributed by atoms with Crippen LogP contribution in [0.25, 0.3) is 0 Å². The maximum absolute atomic E-state index is 11.8. The number of hydrogen-bond donors (Lipinski definition) is 2. The minimum atomic E-state index is -1.30. The van der Waals surface area contributed by atoms with Gasteiger partial charge in [-0.3, -0.25) is 9.59 Å². The molecule has 0 saturated heterocycles. The summed E-state index contributed by atoms with van der Waals surface area (Å²) in [6, 6.07) is 9.72. The number of thiophene rings is 1. The molecule has 7 heteroatoms. The van der Waals surface area contributed by atoms with Gasteiger partial charge in [0.2, 0.25) is 5.91 Å². The zero-order chi connectivity index (χ0) is 17.7. The van der Waals surface area contributed by atoms with Crippen molar-refractivity contribution in [2.24, 2.45) is 5.73 Å². The second kappa shape index (κ2) is 7.74. The summed E-state index contributed by atoms with van der Waals surface area (Å²) in [7, 11) is 0. The van der Waals surface area contributed by atoms with Crippen molar-refractivity contribution in [3.05, 3.63) is 51.9 Å². The number of rotatable bonds is 7. The zero-order valence-electron chi connectivity index (χ0n) is 13.1. The van der Waals surface area contributed by atoms with Gasteiger partial charge in [-0.25, -0.2) is 0 Å². The quantitative estimate of drug-likeness (QED) is 0.785. The van der Waals surface area contributed by atoms with Crippen molar-refractivity contribution in [3.63, 3.8) is 0 Å². The second-order valence-corrected chi connectivity index (χ2v) is 6.41. The normalized spacial score (nSPS) is 10.4. The summed E-state index contributed by atoms with van der Waals surface area (Å²) in [5.74, 6) is -2.42. The second-order valence-electron chi connectivity index (χ2n) is 5.30. The minimum absolute atomic E-state index is 0.217. The van der Waals surface area contributed by atoms with Crippen molar-refractivity contribution < 1.29 is 19.5 Å². The molecule has 2 rings (SSSR count). The summed E-state index contributed by atoms with van der Waals surface area (Å²) in [6.45, 7) is 1.78. The van der Waals surface area contributed by atoms with Crippen LogP contribution in [0.1, 0.15) is 39.2 Å². The number of hydrogen-bond acceptors (Lipinski definition) is 5. The Morgan fingerprint density at radius 2 is 1.83 bits per heavy atom. The van der Waals surface area contributed by atoms with Crippen LogP contribution >= 0.6 is 11.3 Å². The third kappa shape index (κ3) is 4.42. The Hall–Kier alpha value is -2.67. The fourth-order valence-electron chi connectivity index (χ4n) is 2.30. The van der Waals surface area contributed by atoms with E-state index in [1.807, 2.05) is 30.3 Å². The molecule has 2 aromatic rings. The van der Waals surface area contributed by atoms with Crippen molar-refractivity contribution in [2.45, 2.75) is 26.2 Å². The van der Waals surface area contributed by atoms with Crippen LogP contribution in [0.3, 0.4) is 0 Å². The smallest absolute Gasteiger partial charge is 0.251 e. The number of nitrogens with two attached hydrogens (primary N) is 1. The van der Waals surface area contributed by atoms with Crippen molar-refractivity contribution in [1.82, 2.24) is 0 Å². The monoisotopic (exact) mass is 345 g/mol. The fourth-order valence-corrected chi connectivity index (χ4v) is 3.56. The molecule has 0 aliphatic rings. The highest BCUT2D eigenvalue weighted by atomic mass is 32.1. The van der Waals surface area contributed by atoms with Crippen LogP contribution in [0.15, 0.2) is 30.3 Å². The standard InChI is InChI=1S/C17H18N2O4S/c1-10-12(9-11-5-3-2-4-6-11)24-17(15(10)16(18)23)19-13(20)7-8-14(21)22/h2-6H,7-9H2,1H3,(H2,18,23)(H,19,20)(H,21,22)/p-1. The summed E-state index contributed by atoms with van der Waals surface area (Å²) < 4.78 is 0. The van der Waals surface area contributed by atoms with Gasteiger partial charge in [0.1, 0.15) is 5.00 Å². The lowest BCUT2D eigenvalue weighted by Crippen LogP contribution is -2.24. The van der Waals surface area contributed by atoms with E-state index in [1.165, 1.54) is 11.3 Å². The maximum atomic E-state index is 11.8. The number of carbonyl (C=O) groups is 3. The third-order valence-corrected chi connectivity index (χ3v) is 4.72. The van der Waals surface area contributed by atoms with Gasteiger partial charge in [-0.1, -0.05) is 30.3 Å². The highest BCUT2D eigenvalue weighted by molar-refractivity contribution is 7.17. The van der Waals surface area contributed by atoms with Crippen LogP contribution in [0.2, 0.25) is 0 Å². The molecule has 0 saturated carbocycles. The van der Waals surface area contributed by atoms with E-state index in [1.54, 1.807) is 6.92 Å². The van der Waals surface area contributed by atoms with Crippen LogP contribution in [-0.2, 0) is 16.0 Å². The van der Waals surface area contributed by atoms with E-state index in [4.69, 9.17) is 5.73 Å². The molecule has 0 spiro atoms. The van der Waals surface area contributed by atoms with E-state index in [0.717, 1.165) is 16.0 Å². The Kier molecular flexibility index (Phi) is 5.70. The van der Waals surface area contributed by atoms with Gasteiger partial charge < -0.3 is 21.0 Å². The number of nitrogens with one attached hydrogen (secondary N) is 1. The molecule has 0 aliphatic heterocycles. The maximum Gasteiger partial charge on any atom is 0.251 e. The molecule has 1 heterocycles. The molecule has 0 fully saturated rings. The molecule has 6 nitrogen and oxygen atoms in total. The van der Waals surface area contributed by atoms with Gasteiger partial charge in [-0.2, -0.15) is 0 Å². The van der Waals surface area contributed by atoms with Crippen molar-refractivity contribution >= 4 is 34.1 Å². The Labute approximate surface area is 143 Å². The van der Waals surface area contributed by atoms with Gasteiger partial charge >= 0.3 is 0 Å². The highest BCUT2D eigenvalue weighted by Crippen LogP contribution is 2.34. The van der Waals surface area contributed by atoms with Gasteiger partial charge in [0.15, 0.2) is 0 Å². The van der Waals surface area contributed by atoms with Gasteiger partial charge in [0.25, 0.3) is 5.91 Å². The SMILES string of the molecule is Cc1c(Cc2ccccc2)sc(NC(=O)CCC(=O)[O-])c1C(N)=O. The zero-order valence-corrected chi connectivity index (χ0v) is 13.9. The molecule has 2 amide bonds. The molecule has 0 bridgehead atoms. The number of anilines is 1. The fraction of sp³-hybridized carbons (Fsp3) is 0.235. The van der Waals surface area contributed by atoms with Crippen LogP contribution in [0.4, 0.5) is 5.00 Å². The summed E-state index contributed by atoms with van der Waals surface area (Å²) in [6.07, 6.45) is 0.0248. The first-order valence-electron chi connectivity index (χ1n) is 7.34. The summed E-state index contributed by atoms with van der Waals surface area (Å²) in [5, 5.41) is 13.4. The Bertz CT molecular complexity index is 768. The average Bonchev–Trinajstić information content (AvgIpc) is 2.82.